The van der Waals surface area contributed by atoms with E-state index in [0.29, 0.717) is 19.3 Å². The van der Waals surface area contributed by atoms with Crippen molar-refractivity contribution < 1.29 is 28.6 Å². The van der Waals surface area contributed by atoms with Gasteiger partial charge in [-0.1, -0.05) is 165 Å². The maximum Gasteiger partial charge on any atom is 0.306 e. The van der Waals surface area contributed by atoms with Crippen LogP contribution < -0.4 is 0 Å². The summed E-state index contributed by atoms with van der Waals surface area (Å²) in [5, 5.41) is 0. The van der Waals surface area contributed by atoms with Gasteiger partial charge >= 0.3 is 17.9 Å². The van der Waals surface area contributed by atoms with Crippen LogP contribution in [-0.4, -0.2) is 37.2 Å². The summed E-state index contributed by atoms with van der Waals surface area (Å²) in [5.74, 6) is -0.940. The Morgan fingerprint density at radius 2 is 0.765 bits per heavy atom. The van der Waals surface area contributed by atoms with Crippen molar-refractivity contribution in [2.45, 2.75) is 194 Å². The summed E-state index contributed by atoms with van der Waals surface area (Å²) in [6.07, 6.45) is 46.6. The van der Waals surface area contributed by atoms with Gasteiger partial charge in [0.1, 0.15) is 13.2 Å². The molecule has 0 spiro atoms. The first-order valence-electron chi connectivity index (χ1n) is 20.8. The van der Waals surface area contributed by atoms with Gasteiger partial charge in [0.05, 0.1) is 0 Å². The summed E-state index contributed by atoms with van der Waals surface area (Å²) in [6, 6.07) is 0. The number of ether oxygens (including phenoxy) is 3. The van der Waals surface area contributed by atoms with E-state index in [2.05, 4.69) is 81.5 Å². The average molecular weight is 713 g/mol. The minimum atomic E-state index is -0.778. The van der Waals surface area contributed by atoms with Crippen molar-refractivity contribution in [3.05, 3.63) is 60.8 Å². The van der Waals surface area contributed by atoms with E-state index in [1.165, 1.54) is 51.4 Å². The second-order valence-corrected chi connectivity index (χ2v) is 13.5. The normalized spacial score (nSPS) is 12.6. The van der Waals surface area contributed by atoms with Gasteiger partial charge in [0.25, 0.3) is 0 Å². The number of allylic oxidation sites excluding steroid dienone is 10. The van der Waals surface area contributed by atoms with Gasteiger partial charge in [-0.3, -0.25) is 14.4 Å². The summed E-state index contributed by atoms with van der Waals surface area (Å²) in [4.78, 5) is 37.3. The maximum absolute atomic E-state index is 12.6. The van der Waals surface area contributed by atoms with E-state index >= 15 is 0 Å². The van der Waals surface area contributed by atoms with Gasteiger partial charge in [-0.2, -0.15) is 0 Å². The van der Waals surface area contributed by atoms with Crippen molar-refractivity contribution in [3.8, 4) is 0 Å². The summed E-state index contributed by atoms with van der Waals surface area (Å²) >= 11 is 0. The first kappa shape index (κ1) is 48.1. The highest BCUT2D eigenvalue weighted by Gasteiger charge is 2.19. The van der Waals surface area contributed by atoms with Crippen LogP contribution in [0, 0.1) is 0 Å². The molecule has 6 nitrogen and oxygen atoms in total. The monoisotopic (exact) mass is 713 g/mol. The molecule has 0 aliphatic rings. The van der Waals surface area contributed by atoms with Crippen LogP contribution in [0.2, 0.25) is 0 Å². The highest BCUT2D eigenvalue weighted by atomic mass is 16.6. The Balaban J connectivity index is 4.29. The molecule has 0 aromatic heterocycles. The van der Waals surface area contributed by atoms with Crippen LogP contribution >= 0.6 is 0 Å². The molecule has 0 bridgehead atoms. The Morgan fingerprint density at radius 3 is 1.20 bits per heavy atom. The molecule has 0 amide bonds. The van der Waals surface area contributed by atoms with E-state index in [-0.39, 0.29) is 31.1 Å². The van der Waals surface area contributed by atoms with Crippen LogP contribution in [0.4, 0.5) is 0 Å². The van der Waals surface area contributed by atoms with Gasteiger partial charge < -0.3 is 14.2 Å². The third kappa shape index (κ3) is 38.2. The molecule has 0 N–H and O–H groups in total. The smallest absolute Gasteiger partial charge is 0.306 e. The van der Waals surface area contributed by atoms with Crippen LogP contribution in [0.15, 0.2) is 60.8 Å². The molecule has 0 saturated carbocycles. The van der Waals surface area contributed by atoms with Crippen molar-refractivity contribution in [2.24, 2.45) is 0 Å². The maximum atomic E-state index is 12.6. The Kier molecular flexibility index (Phi) is 37.6. The van der Waals surface area contributed by atoms with Crippen LogP contribution in [0.1, 0.15) is 188 Å². The molecular weight excluding hydrogens is 636 g/mol. The fourth-order valence-corrected chi connectivity index (χ4v) is 5.41. The molecule has 0 heterocycles. The van der Waals surface area contributed by atoms with Crippen molar-refractivity contribution in [1.82, 2.24) is 0 Å². The fraction of sp³-hybridized carbons (Fsp3) is 0.711. The van der Waals surface area contributed by atoms with Crippen LogP contribution in [0.25, 0.3) is 0 Å². The van der Waals surface area contributed by atoms with E-state index in [0.717, 1.165) is 96.3 Å². The zero-order valence-electron chi connectivity index (χ0n) is 33.1. The molecule has 1 unspecified atom stereocenters. The SMILES string of the molecule is CC/C=C\C/C=C\C/C=C\C/C=C\C/C=C\CCCCCC(=O)OCC(COC(=O)CCCCCCCC)OC(=O)CCCCCCCCCC. The van der Waals surface area contributed by atoms with Gasteiger partial charge in [0.15, 0.2) is 6.10 Å². The predicted octanol–water partition coefficient (Wildman–Crippen LogP) is 13.0. The molecule has 0 fully saturated rings. The minimum absolute atomic E-state index is 0.0850. The second kappa shape index (κ2) is 39.9. The Hall–Kier alpha value is -2.89. The summed E-state index contributed by atoms with van der Waals surface area (Å²) in [6.45, 7) is 6.37. The first-order chi connectivity index (χ1) is 25.0. The first-order valence-corrected chi connectivity index (χ1v) is 20.8. The molecule has 0 aliphatic heterocycles. The number of hydrogen-bond acceptors (Lipinski definition) is 6. The summed E-state index contributed by atoms with van der Waals surface area (Å²) in [7, 11) is 0. The third-order valence-electron chi connectivity index (χ3n) is 8.54. The van der Waals surface area contributed by atoms with Gasteiger partial charge in [-0.15, -0.1) is 0 Å². The summed E-state index contributed by atoms with van der Waals surface area (Å²) in [5.41, 5.74) is 0. The average Bonchev–Trinajstić information content (AvgIpc) is 3.13. The lowest BCUT2D eigenvalue weighted by Crippen LogP contribution is -2.30. The predicted molar refractivity (Wildman–Crippen MR) is 215 cm³/mol. The van der Waals surface area contributed by atoms with E-state index in [9.17, 15) is 14.4 Å². The van der Waals surface area contributed by atoms with Crippen molar-refractivity contribution in [3.63, 3.8) is 0 Å². The Bertz CT molecular complexity index is 960. The molecule has 0 aromatic carbocycles. The highest BCUT2D eigenvalue weighted by Crippen LogP contribution is 2.12. The van der Waals surface area contributed by atoms with Gasteiger partial charge in [-0.25, -0.2) is 0 Å². The molecule has 0 saturated heterocycles. The zero-order valence-corrected chi connectivity index (χ0v) is 33.1. The largest absolute Gasteiger partial charge is 0.462 e. The third-order valence-corrected chi connectivity index (χ3v) is 8.54. The number of rotatable bonds is 36. The van der Waals surface area contributed by atoms with Crippen LogP contribution in [-0.2, 0) is 28.6 Å². The van der Waals surface area contributed by atoms with Gasteiger partial charge in [0.2, 0.25) is 0 Å². The highest BCUT2D eigenvalue weighted by molar-refractivity contribution is 5.71. The number of esters is 3. The van der Waals surface area contributed by atoms with Gasteiger partial charge in [-0.05, 0) is 64.2 Å². The number of unbranched alkanes of at least 4 members (excludes halogenated alkanes) is 15. The molecule has 292 valence electrons. The molecule has 0 rings (SSSR count). The van der Waals surface area contributed by atoms with Crippen LogP contribution in [0.3, 0.4) is 0 Å². The minimum Gasteiger partial charge on any atom is -0.462 e. The molecule has 6 heteroatoms. The number of hydrogen-bond donors (Lipinski definition) is 0. The van der Waals surface area contributed by atoms with Crippen molar-refractivity contribution in [2.75, 3.05) is 13.2 Å². The van der Waals surface area contributed by atoms with Gasteiger partial charge in [0, 0.05) is 19.3 Å². The van der Waals surface area contributed by atoms with E-state index in [1.54, 1.807) is 0 Å². The molecule has 0 radical (unpaired) electrons. The Morgan fingerprint density at radius 1 is 0.412 bits per heavy atom. The number of carbonyl (C=O) groups excluding carboxylic acids is 3. The van der Waals surface area contributed by atoms with Crippen molar-refractivity contribution >= 4 is 17.9 Å². The van der Waals surface area contributed by atoms with Crippen molar-refractivity contribution in [1.29, 1.82) is 0 Å². The molecular formula is C45H76O6. The molecule has 0 aromatic rings. The molecule has 51 heavy (non-hydrogen) atoms. The fourth-order valence-electron chi connectivity index (χ4n) is 5.41. The second-order valence-electron chi connectivity index (χ2n) is 13.5. The van der Waals surface area contributed by atoms with E-state index < -0.39 is 6.10 Å². The molecule has 1 atom stereocenters. The lowest BCUT2D eigenvalue weighted by Gasteiger charge is -2.18. The van der Waals surface area contributed by atoms with E-state index in [4.69, 9.17) is 14.2 Å². The topological polar surface area (TPSA) is 78.9 Å². The van der Waals surface area contributed by atoms with E-state index in [1.807, 2.05) is 0 Å². The molecule has 0 aliphatic carbocycles. The standard InChI is InChI=1S/C45H76O6/c1-4-7-10-13-16-18-19-20-21-22-23-24-25-26-27-28-30-32-35-38-44(47)50-41-42(40-49-43(46)37-34-31-15-12-9-6-3)51-45(48)39-36-33-29-17-14-11-8-5-2/h7,10,16,18,20-21,23-24,26-27,42H,4-6,8-9,11-15,17,19,22,25,28-41H2,1-3H3/b10-7-,18-16-,21-20-,24-23-,27-26-. The Labute approximate surface area is 313 Å². The zero-order chi connectivity index (χ0) is 37.3. The van der Waals surface area contributed by atoms with Crippen LogP contribution in [0.5, 0.6) is 0 Å². The lowest BCUT2D eigenvalue weighted by molar-refractivity contribution is -0.167. The summed E-state index contributed by atoms with van der Waals surface area (Å²) < 4.78 is 16.5. The lowest BCUT2D eigenvalue weighted by atomic mass is 10.1. The number of carbonyl (C=O) groups is 3. The quantitative estimate of drug-likeness (QED) is 0.0278.